The van der Waals surface area contributed by atoms with E-state index in [4.69, 9.17) is 15.7 Å². The van der Waals surface area contributed by atoms with E-state index in [-0.39, 0.29) is 5.91 Å². The number of rotatable bonds is 3. The second-order valence-electron chi connectivity index (χ2n) is 4.04. The van der Waals surface area contributed by atoms with E-state index in [0.29, 0.717) is 28.3 Å². The summed E-state index contributed by atoms with van der Waals surface area (Å²) in [5, 5.41) is 11.8. The standard InChI is InChI=1S/C15H13N3O2/c1-20-13-8-4-5-10(9-16)14(13)18-15(19)11-6-2-3-7-12(11)17/h2-8H,17H2,1H3,(H,18,19). The molecule has 0 spiro atoms. The van der Waals surface area contributed by atoms with Crippen molar-refractivity contribution in [2.45, 2.75) is 0 Å². The quantitative estimate of drug-likeness (QED) is 0.836. The number of hydrogen-bond donors (Lipinski definition) is 2. The lowest BCUT2D eigenvalue weighted by atomic mass is 10.1. The van der Waals surface area contributed by atoms with Crippen LogP contribution in [0.15, 0.2) is 42.5 Å². The smallest absolute Gasteiger partial charge is 0.257 e. The van der Waals surface area contributed by atoms with Gasteiger partial charge in [0.15, 0.2) is 0 Å². The van der Waals surface area contributed by atoms with Crippen molar-refractivity contribution in [3.63, 3.8) is 0 Å². The van der Waals surface area contributed by atoms with Gasteiger partial charge in [0.1, 0.15) is 17.5 Å². The Morgan fingerprint density at radius 2 is 2.00 bits per heavy atom. The van der Waals surface area contributed by atoms with Crippen LogP contribution in [0.3, 0.4) is 0 Å². The van der Waals surface area contributed by atoms with Gasteiger partial charge >= 0.3 is 0 Å². The van der Waals surface area contributed by atoms with Gasteiger partial charge in [-0.05, 0) is 24.3 Å². The normalized spacial score (nSPS) is 9.60. The van der Waals surface area contributed by atoms with E-state index in [1.54, 1.807) is 42.5 Å². The van der Waals surface area contributed by atoms with Crippen molar-refractivity contribution >= 4 is 17.3 Å². The van der Waals surface area contributed by atoms with Crippen LogP contribution in [0.25, 0.3) is 0 Å². The molecule has 1 amide bonds. The van der Waals surface area contributed by atoms with Crippen molar-refractivity contribution < 1.29 is 9.53 Å². The number of carbonyl (C=O) groups excluding carboxylic acids is 1. The number of nitrogens with zero attached hydrogens (tertiary/aromatic N) is 1. The highest BCUT2D eigenvalue weighted by Gasteiger charge is 2.15. The van der Waals surface area contributed by atoms with Crippen molar-refractivity contribution in [2.75, 3.05) is 18.2 Å². The Morgan fingerprint density at radius 3 is 2.65 bits per heavy atom. The molecule has 0 aliphatic carbocycles. The molecule has 5 heteroatoms. The Labute approximate surface area is 116 Å². The number of anilines is 2. The van der Waals surface area contributed by atoms with Gasteiger partial charge in [0.25, 0.3) is 5.91 Å². The van der Waals surface area contributed by atoms with Gasteiger partial charge < -0.3 is 15.8 Å². The fourth-order valence-corrected chi connectivity index (χ4v) is 1.81. The third kappa shape index (κ3) is 2.54. The Balaban J connectivity index is 2.38. The summed E-state index contributed by atoms with van der Waals surface area (Å²) in [6.07, 6.45) is 0. The van der Waals surface area contributed by atoms with E-state index >= 15 is 0 Å². The highest BCUT2D eigenvalue weighted by molar-refractivity contribution is 6.08. The lowest BCUT2D eigenvalue weighted by Gasteiger charge is -2.12. The van der Waals surface area contributed by atoms with Crippen molar-refractivity contribution in [1.82, 2.24) is 0 Å². The van der Waals surface area contributed by atoms with Gasteiger partial charge in [0.05, 0.1) is 18.2 Å². The molecular weight excluding hydrogens is 254 g/mol. The zero-order valence-corrected chi connectivity index (χ0v) is 10.9. The number of nitrogen functional groups attached to an aromatic ring is 1. The first-order chi connectivity index (χ1) is 9.67. The fraction of sp³-hybridized carbons (Fsp3) is 0.0667. The van der Waals surface area contributed by atoms with Gasteiger partial charge in [-0.3, -0.25) is 4.79 Å². The summed E-state index contributed by atoms with van der Waals surface area (Å²) >= 11 is 0. The average molecular weight is 267 g/mol. The molecule has 2 rings (SSSR count). The van der Waals surface area contributed by atoms with E-state index in [1.807, 2.05) is 6.07 Å². The first-order valence-corrected chi connectivity index (χ1v) is 5.90. The topological polar surface area (TPSA) is 88.1 Å². The molecule has 0 heterocycles. The van der Waals surface area contributed by atoms with Crippen LogP contribution in [0.5, 0.6) is 5.75 Å². The lowest BCUT2D eigenvalue weighted by Crippen LogP contribution is -2.15. The molecule has 0 atom stereocenters. The minimum Gasteiger partial charge on any atom is -0.495 e. The van der Waals surface area contributed by atoms with Gasteiger partial charge in [0.2, 0.25) is 0 Å². The molecule has 0 radical (unpaired) electrons. The Kier molecular flexibility index (Phi) is 3.87. The van der Waals surface area contributed by atoms with Gasteiger partial charge in [-0.15, -0.1) is 0 Å². The molecule has 5 nitrogen and oxygen atoms in total. The van der Waals surface area contributed by atoms with Gasteiger partial charge in [0, 0.05) is 5.69 Å². The molecule has 0 unspecified atom stereocenters. The van der Waals surface area contributed by atoms with Crippen molar-refractivity contribution in [3.05, 3.63) is 53.6 Å². The molecule has 0 aliphatic heterocycles. The maximum atomic E-state index is 12.2. The van der Waals surface area contributed by atoms with Crippen LogP contribution >= 0.6 is 0 Å². The van der Waals surface area contributed by atoms with Crippen LogP contribution in [0.2, 0.25) is 0 Å². The van der Waals surface area contributed by atoms with E-state index in [2.05, 4.69) is 5.32 Å². The third-order valence-corrected chi connectivity index (χ3v) is 2.81. The van der Waals surface area contributed by atoms with Crippen LogP contribution in [0.1, 0.15) is 15.9 Å². The van der Waals surface area contributed by atoms with E-state index in [0.717, 1.165) is 0 Å². The van der Waals surface area contributed by atoms with Crippen LogP contribution < -0.4 is 15.8 Å². The largest absolute Gasteiger partial charge is 0.495 e. The summed E-state index contributed by atoms with van der Waals surface area (Å²) in [4.78, 5) is 12.2. The number of benzene rings is 2. The number of nitrogens with two attached hydrogens (primary N) is 1. The maximum Gasteiger partial charge on any atom is 0.257 e. The minimum absolute atomic E-state index is 0.326. The summed E-state index contributed by atoms with van der Waals surface area (Å²) in [6, 6.07) is 13.7. The predicted molar refractivity (Wildman–Crippen MR) is 76.5 cm³/mol. The molecule has 0 aliphatic rings. The van der Waals surface area contributed by atoms with E-state index in [1.165, 1.54) is 7.11 Å². The molecule has 100 valence electrons. The van der Waals surface area contributed by atoms with Gasteiger partial charge in [-0.25, -0.2) is 0 Å². The highest BCUT2D eigenvalue weighted by atomic mass is 16.5. The summed E-state index contributed by atoms with van der Waals surface area (Å²) in [5.41, 5.74) is 7.15. The maximum absolute atomic E-state index is 12.2. The molecule has 2 aromatic rings. The summed E-state index contributed by atoms with van der Waals surface area (Å²) < 4.78 is 5.16. The predicted octanol–water partition coefficient (Wildman–Crippen LogP) is 2.40. The monoisotopic (exact) mass is 267 g/mol. The number of nitriles is 1. The molecule has 0 saturated carbocycles. The minimum atomic E-state index is -0.385. The average Bonchev–Trinajstić information content (AvgIpc) is 2.47. The number of hydrogen-bond acceptors (Lipinski definition) is 4. The molecule has 2 aromatic carbocycles. The molecule has 0 aromatic heterocycles. The number of nitrogens with one attached hydrogen (secondary N) is 1. The molecule has 20 heavy (non-hydrogen) atoms. The number of methoxy groups -OCH3 is 1. The number of para-hydroxylation sites is 2. The van der Waals surface area contributed by atoms with Crippen molar-refractivity contribution in [3.8, 4) is 11.8 Å². The van der Waals surface area contributed by atoms with Crippen LogP contribution in [-0.2, 0) is 0 Å². The highest BCUT2D eigenvalue weighted by Crippen LogP contribution is 2.28. The van der Waals surface area contributed by atoms with Crippen LogP contribution in [0, 0.1) is 11.3 Å². The molecule has 0 bridgehead atoms. The van der Waals surface area contributed by atoms with Gasteiger partial charge in [-0.2, -0.15) is 5.26 Å². The second kappa shape index (κ2) is 5.76. The Hall–Kier alpha value is -3.00. The molecular formula is C15H13N3O2. The van der Waals surface area contributed by atoms with E-state index in [9.17, 15) is 4.79 Å². The first kappa shape index (κ1) is 13.4. The second-order valence-corrected chi connectivity index (χ2v) is 4.04. The Bertz CT molecular complexity index is 690. The zero-order valence-electron chi connectivity index (χ0n) is 10.9. The Morgan fingerprint density at radius 1 is 1.25 bits per heavy atom. The van der Waals surface area contributed by atoms with Gasteiger partial charge in [-0.1, -0.05) is 18.2 Å². The van der Waals surface area contributed by atoms with Crippen LogP contribution in [0.4, 0.5) is 11.4 Å². The van der Waals surface area contributed by atoms with Crippen molar-refractivity contribution in [2.24, 2.45) is 0 Å². The third-order valence-electron chi connectivity index (χ3n) is 2.81. The number of ether oxygens (including phenoxy) is 1. The zero-order chi connectivity index (χ0) is 14.5. The fourth-order valence-electron chi connectivity index (χ4n) is 1.81. The van der Waals surface area contributed by atoms with E-state index < -0.39 is 0 Å². The number of amides is 1. The van der Waals surface area contributed by atoms with Crippen LogP contribution in [-0.4, -0.2) is 13.0 Å². The summed E-state index contributed by atoms with van der Waals surface area (Å²) in [5.74, 6) is 0.0380. The SMILES string of the molecule is COc1cccc(C#N)c1NC(=O)c1ccccc1N. The molecule has 0 fully saturated rings. The number of carbonyl (C=O) groups is 1. The summed E-state index contributed by atoms with van der Waals surface area (Å²) in [6.45, 7) is 0. The molecule has 0 saturated heterocycles. The lowest BCUT2D eigenvalue weighted by molar-refractivity contribution is 0.102. The molecule has 3 N–H and O–H groups in total. The first-order valence-electron chi connectivity index (χ1n) is 5.90. The van der Waals surface area contributed by atoms with Crippen molar-refractivity contribution in [1.29, 1.82) is 5.26 Å². The summed E-state index contributed by atoms with van der Waals surface area (Å²) in [7, 11) is 1.48.